The minimum absolute atomic E-state index is 0.181. The summed E-state index contributed by atoms with van der Waals surface area (Å²) in [6.45, 7) is 3.92. The number of fused-ring (bicyclic) bond motifs is 1. The van der Waals surface area contributed by atoms with Crippen molar-refractivity contribution in [1.82, 2.24) is 19.6 Å². The summed E-state index contributed by atoms with van der Waals surface area (Å²) in [6, 6.07) is 18.2. The van der Waals surface area contributed by atoms with E-state index >= 15 is 0 Å². The van der Waals surface area contributed by atoms with E-state index in [9.17, 15) is 14.0 Å². The third-order valence-electron chi connectivity index (χ3n) is 5.84. The maximum atomic E-state index is 13.8. The number of aldehydes is 1. The molecule has 198 valence electrons. The highest BCUT2D eigenvalue weighted by Gasteiger charge is 2.16. The Morgan fingerprint density at radius 3 is 2.54 bits per heavy atom. The predicted octanol–water partition coefficient (Wildman–Crippen LogP) is 5.20. The van der Waals surface area contributed by atoms with Gasteiger partial charge in [0.05, 0.1) is 24.6 Å². The molecule has 2 N–H and O–H groups in total. The van der Waals surface area contributed by atoms with Crippen molar-refractivity contribution in [3.63, 3.8) is 0 Å². The first-order valence-corrected chi connectivity index (χ1v) is 12.0. The maximum absolute atomic E-state index is 13.8. The molecule has 3 aromatic heterocycles. The van der Waals surface area contributed by atoms with Crippen molar-refractivity contribution in [2.75, 3.05) is 7.11 Å². The van der Waals surface area contributed by atoms with E-state index in [-0.39, 0.29) is 11.4 Å². The lowest BCUT2D eigenvalue weighted by atomic mass is 10.1. The van der Waals surface area contributed by atoms with Crippen LogP contribution in [0.25, 0.3) is 16.9 Å². The number of carbonyl (C=O) groups is 2. The molecule has 5 aromatic rings. The summed E-state index contributed by atoms with van der Waals surface area (Å²) in [5.41, 5.74) is 9.55. The second kappa shape index (κ2) is 12.0. The molecule has 9 nitrogen and oxygen atoms in total. The van der Waals surface area contributed by atoms with Crippen molar-refractivity contribution < 1.29 is 23.5 Å². The molecular formula is C29H26FN5O4. The van der Waals surface area contributed by atoms with Gasteiger partial charge in [-0.1, -0.05) is 25.1 Å². The fraction of sp³-hybridized carbons (Fsp3) is 0.138. The lowest BCUT2D eigenvalue weighted by molar-refractivity contribution is 0.0995. The number of aromatic nitrogens is 4. The second-order valence-corrected chi connectivity index (χ2v) is 8.32. The Morgan fingerprint density at radius 2 is 1.85 bits per heavy atom. The predicted molar refractivity (Wildman–Crippen MR) is 144 cm³/mol. The van der Waals surface area contributed by atoms with Crippen LogP contribution in [0, 0.1) is 12.7 Å². The van der Waals surface area contributed by atoms with Gasteiger partial charge in [-0.25, -0.2) is 14.4 Å². The summed E-state index contributed by atoms with van der Waals surface area (Å²) in [5, 5.41) is 4.20. The number of hydrogen-bond acceptors (Lipinski definition) is 7. The number of ether oxygens (including phenoxy) is 2. The maximum Gasteiger partial charge on any atom is 0.267 e. The first-order valence-electron chi connectivity index (χ1n) is 12.0. The van der Waals surface area contributed by atoms with E-state index in [0.29, 0.717) is 40.4 Å². The SMILES string of the molecule is CCc1c(C)nc2ccnn2c1Oc1ccccc1F.COc1ccc(-c2cccc(C(N)=O)n2)cc1C=O. The number of rotatable bonds is 7. The Morgan fingerprint density at radius 1 is 1.05 bits per heavy atom. The Balaban J connectivity index is 0.000000181. The van der Waals surface area contributed by atoms with E-state index in [1.807, 2.05) is 13.8 Å². The number of aryl methyl sites for hydroxylation is 1. The summed E-state index contributed by atoms with van der Waals surface area (Å²) in [4.78, 5) is 30.7. The van der Waals surface area contributed by atoms with Gasteiger partial charge in [0, 0.05) is 22.9 Å². The zero-order valence-corrected chi connectivity index (χ0v) is 21.6. The molecule has 5 rings (SSSR count). The number of primary amides is 1. The van der Waals surface area contributed by atoms with Crippen LogP contribution in [0.15, 0.2) is 72.9 Å². The summed E-state index contributed by atoms with van der Waals surface area (Å²) in [6.07, 6.45) is 3.09. The van der Waals surface area contributed by atoms with Crippen LogP contribution in [0.3, 0.4) is 0 Å². The Bertz CT molecular complexity index is 1650. The molecule has 2 aromatic carbocycles. The van der Waals surface area contributed by atoms with Crippen molar-refractivity contribution in [1.29, 1.82) is 0 Å². The fourth-order valence-corrected chi connectivity index (χ4v) is 3.92. The molecule has 0 fully saturated rings. The molecule has 0 aliphatic rings. The molecule has 39 heavy (non-hydrogen) atoms. The van der Waals surface area contributed by atoms with Crippen LogP contribution >= 0.6 is 0 Å². The third kappa shape index (κ3) is 5.90. The van der Waals surface area contributed by atoms with Gasteiger partial charge in [-0.15, -0.1) is 0 Å². The smallest absolute Gasteiger partial charge is 0.267 e. The molecule has 0 saturated carbocycles. The van der Waals surface area contributed by atoms with E-state index in [1.165, 1.54) is 19.2 Å². The quantitative estimate of drug-likeness (QED) is 0.289. The van der Waals surface area contributed by atoms with Crippen molar-refractivity contribution in [3.05, 3.63) is 101 Å². The number of para-hydroxylation sites is 1. The molecule has 0 radical (unpaired) electrons. The van der Waals surface area contributed by atoms with E-state index in [4.69, 9.17) is 15.2 Å². The summed E-state index contributed by atoms with van der Waals surface area (Å²) in [5.74, 6) is 0.204. The number of nitrogens with zero attached hydrogens (tertiary/aromatic N) is 4. The first kappa shape index (κ1) is 26.9. The molecule has 0 saturated heterocycles. The molecular weight excluding hydrogens is 501 g/mol. The van der Waals surface area contributed by atoms with Crippen LogP contribution in [-0.2, 0) is 6.42 Å². The summed E-state index contributed by atoms with van der Waals surface area (Å²) < 4.78 is 26.2. The number of nitrogens with two attached hydrogens (primary N) is 1. The molecule has 10 heteroatoms. The van der Waals surface area contributed by atoms with Crippen molar-refractivity contribution in [3.8, 4) is 28.6 Å². The Labute approximate surface area is 224 Å². The zero-order valence-electron chi connectivity index (χ0n) is 21.6. The van der Waals surface area contributed by atoms with E-state index in [0.717, 1.165) is 17.7 Å². The molecule has 3 heterocycles. The number of halogens is 1. The third-order valence-corrected chi connectivity index (χ3v) is 5.84. The average molecular weight is 528 g/mol. The van der Waals surface area contributed by atoms with E-state index in [2.05, 4.69) is 15.1 Å². The Kier molecular flexibility index (Phi) is 8.25. The van der Waals surface area contributed by atoms with Crippen LogP contribution in [0.1, 0.15) is 39.0 Å². The van der Waals surface area contributed by atoms with Gasteiger partial charge in [-0.2, -0.15) is 9.61 Å². The lowest BCUT2D eigenvalue weighted by Gasteiger charge is -2.13. The van der Waals surface area contributed by atoms with Gasteiger partial charge in [0.15, 0.2) is 23.5 Å². The summed E-state index contributed by atoms with van der Waals surface area (Å²) in [7, 11) is 1.49. The van der Waals surface area contributed by atoms with Gasteiger partial charge in [0.25, 0.3) is 5.91 Å². The number of methoxy groups -OCH3 is 1. The van der Waals surface area contributed by atoms with Crippen LogP contribution < -0.4 is 15.2 Å². The standard InChI is InChI=1S/C15H14FN3O.C14H12N2O3/c1-3-11-10(2)18-14-8-9-17-19(14)15(11)20-13-7-5-4-6-12(13)16;1-19-13-6-5-9(7-10(13)8-17)11-3-2-4-12(16-11)14(15)18/h4-9H,3H2,1-2H3;2-8H,1H3,(H2,15,18). The molecule has 0 aliphatic carbocycles. The number of carbonyl (C=O) groups excluding carboxylic acids is 2. The van der Waals surface area contributed by atoms with Crippen molar-refractivity contribution >= 4 is 17.8 Å². The van der Waals surface area contributed by atoms with Gasteiger partial charge < -0.3 is 15.2 Å². The lowest BCUT2D eigenvalue weighted by Crippen LogP contribution is -2.13. The largest absolute Gasteiger partial charge is 0.496 e. The zero-order chi connectivity index (χ0) is 27.9. The van der Waals surface area contributed by atoms with Crippen LogP contribution in [0.4, 0.5) is 4.39 Å². The van der Waals surface area contributed by atoms with Crippen LogP contribution in [0.2, 0.25) is 0 Å². The van der Waals surface area contributed by atoms with E-state index in [1.54, 1.807) is 65.3 Å². The molecule has 0 atom stereocenters. The molecule has 1 amide bonds. The van der Waals surface area contributed by atoms with Gasteiger partial charge in [-0.3, -0.25) is 9.59 Å². The fourth-order valence-electron chi connectivity index (χ4n) is 3.92. The highest BCUT2D eigenvalue weighted by Crippen LogP contribution is 2.29. The summed E-state index contributed by atoms with van der Waals surface area (Å²) >= 11 is 0. The highest BCUT2D eigenvalue weighted by atomic mass is 19.1. The highest BCUT2D eigenvalue weighted by molar-refractivity contribution is 5.91. The molecule has 0 bridgehead atoms. The first-order chi connectivity index (χ1) is 18.9. The number of benzene rings is 2. The van der Waals surface area contributed by atoms with Crippen molar-refractivity contribution in [2.45, 2.75) is 20.3 Å². The van der Waals surface area contributed by atoms with Crippen molar-refractivity contribution in [2.24, 2.45) is 5.73 Å². The topological polar surface area (TPSA) is 122 Å². The monoisotopic (exact) mass is 527 g/mol. The minimum Gasteiger partial charge on any atom is -0.496 e. The number of pyridine rings is 1. The normalized spacial score (nSPS) is 10.5. The molecule has 0 aliphatic heterocycles. The molecule has 0 spiro atoms. The van der Waals surface area contributed by atoms with Gasteiger partial charge in [-0.05, 0) is 55.8 Å². The molecule has 0 unspecified atom stereocenters. The average Bonchev–Trinajstić information content (AvgIpc) is 3.42. The van der Waals surface area contributed by atoms with Crippen LogP contribution in [-0.4, -0.2) is 38.9 Å². The van der Waals surface area contributed by atoms with Gasteiger partial charge in [0.2, 0.25) is 5.88 Å². The van der Waals surface area contributed by atoms with Gasteiger partial charge >= 0.3 is 0 Å². The number of hydrogen-bond donors (Lipinski definition) is 1. The Hall–Kier alpha value is -5.12. The number of amides is 1. The minimum atomic E-state index is -0.592. The van der Waals surface area contributed by atoms with Gasteiger partial charge in [0.1, 0.15) is 11.4 Å². The van der Waals surface area contributed by atoms with Crippen LogP contribution in [0.5, 0.6) is 17.4 Å². The second-order valence-electron chi connectivity index (χ2n) is 8.32. The van der Waals surface area contributed by atoms with E-state index < -0.39 is 11.7 Å².